The molecule has 0 aliphatic carbocycles. The van der Waals surface area contributed by atoms with E-state index in [-0.39, 0.29) is 11.3 Å². The molecule has 2 nitrogen and oxygen atoms in total. The van der Waals surface area contributed by atoms with E-state index in [1.54, 1.807) is 23.9 Å². The maximum Gasteiger partial charge on any atom is 0.488 e. The first-order chi connectivity index (χ1) is 8.15. The fourth-order valence-electron chi connectivity index (χ4n) is 1.48. The van der Waals surface area contributed by atoms with Gasteiger partial charge in [-0.2, -0.15) is 11.8 Å². The number of halogens is 1. The van der Waals surface area contributed by atoms with Gasteiger partial charge in [0.15, 0.2) is 0 Å². The summed E-state index contributed by atoms with van der Waals surface area (Å²) >= 11 is 1.71. The quantitative estimate of drug-likeness (QED) is 0.578. The average Bonchev–Trinajstić information content (AvgIpc) is 2.30. The highest BCUT2D eigenvalue weighted by atomic mass is 32.2. The van der Waals surface area contributed by atoms with Gasteiger partial charge in [-0.3, -0.25) is 0 Å². The van der Waals surface area contributed by atoms with Crippen molar-refractivity contribution in [3.8, 4) is 0 Å². The molecule has 0 spiro atoms. The Morgan fingerprint density at radius 1 is 1.29 bits per heavy atom. The van der Waals surface area contributed by atoms with Gasteiger partial charge in [0.25, 0.3) is 0 Å². The summed E-state index contributed by atoms with van der Waals surface area (Å²) in [5, 5.41) is 17.8. The van der Waals surface area contributed by atoms with Crippen molar-refractivity contribution in [1.82, 2.24) is 0 Å². The van der Waals surface area contributed by atoms with Crippen LogP contribution < -0.4 is 5.46 Å². The Bertz CT molecular complexity index is 347. The minimum atomic E-state index is -1.60. The van der Waals surface area contributed by atoms with E-state index in [0.29, 0.717) is 11.3 Å². The van der Waals surface area contributed by atoms with E-state index in [9.17, 15) is 4.39 Å². The van der Waals surface area contributed by atoms with E-state index in [4.69, 9.17) is 10.0 Å². The molecule has 94 valence electrons. The van der Waals surface area contributed by atoms with Crippen LogP contribution in [0, 0.1) is 5.82 Å². The van der Waals surface area contributed by atoms with Gasteiger partial charge >= 0.3 is 7.12 Å². The van der Waals surface area contributed by atoms with Crippen LogP contribution in [0.5, 0.6) is 0 Å². The SMILES string of the molecule is CCCCCSCc1ccc(B(O)O)cc1F. The number of hydrogen-bond donors (Lipinski definition) is 2. The lowest BCUT2D eigenvalue weighted by molar-refractivity contribution is 0.425. The standard InChI is InChI=1S/C12H18BFO2S/c1-2-3-4-7-17-9-10-5-6-11(13(15)16)8-12(10)14/h5-6,8,15-16H,2-4,7,9H2,1H3. The molecule has 0 saturated heterocycles. The smallest absolute Gasteiger partial charge is 0.423 e. The predicted molar refractivity (Wildman–Crippen MR) is 71.9 cm³/mol. The molecule has 1 aromatic carbocycles. The summed E-state index contributed by atoms with van der Waals surface area (Å²) in [7, 11) is -1.60. The molecule has 0 saturated carbocycles. The van der Waals surface area contributed by atoms with Gasteiger partial charge in [0.05, 0.1) is 0 Å². The van der Waals surface area contributed by atoms with Gasteiger partial charge in [0.2, 0.25) is 0 Å². The lowest BCUT2D eigenvalue weighted by atomic mass is 9.80. The number of rotatable bonds is 7. The molecule has 0 heterocycles. The summed E-state index contributed by atoms with van der Waals surface area (Å²) in [6, 6.07) is 4.36. The highest BCUT2D eigenvalue weighted by Gasteiger charge is 2.13. The number of hydrogen-bond acceptors (Lipinski definition) is 3. The van der Waals surface area contributed by atoms with E-state index >= 15 is 0 Å². The van der Waals surface area contributed by atoms with Gasteiger partial charge in [-0.25, -0.2) is 4.39 Å². The van der Waals surface area contributed by atoms with Crippen LogP contribution in [0.1, 0.15) is 31.7 Å². The Kier molecular flexibility index (Phi) is 6.62. The molecular formula is C12H18BFO2S. The van der Waals surface area contributed by atoms with Crippen molar-refractivity contribution in [2.75, 3.05) is 5.75 Å². The van der Waals surface area contributed by atoms with Gasteiger partial charge in [-0.15, -0.1) is 0 Å². The van der Waals surface area contributed by atoms with Crippen LogP contribution in [0.4, 0.5) is 4.39 Å². The fraction of sp³-hybridized carbons (Fsp3) is 0.500. The summed E-state index contributed by atoms with van der Waals surface area (Å²) in [5.41, 5.74) is 0.818. The monoisotopic (exact) mass is 256 g/mol. The Morgan fingerprint density at radius 3 is 2.65 bits per heavy atom. The van der Waals surface area contributed by atoms with Gasteiger partial charge in [-0.05, 0) is 29.3 Å². The first-order valence-corrected chi connectivity index (χ1v) is 7.02. The Balaban J connectivity index is 2.43. The van der Waals surface area contributed by atoms with Gasteiger partial charge < -0.3 is 10.0 Å². The summed E-state index contributed by atoms with van der Waals surface area (Å²) in [4.78, 5) is 0. The molecular weight excluding hydrogens is 238 g/mol. The van der Waals surface area contributed by atoms with Crippen LogP contribution in [0.25, 0.3) is 0 Å². The molecule has 5 heteroatoms. The lowest BCUT2D eigenvalue weighted by Gasteiger charge is -2.05. The number of benzene rings is 1. The number of unbranched alkanes of at least 4 members (excludes halogenated alkanes) is 2. The predicted octanol–water partition coefficient (Wildman–Crippen LogP) is 1.93. The third-order valence-electron chi connectivity index (χ3n) is 2.53. The Morgan fingerprint density at radius 2 is 2.06 bits per heavy atom. The largest absolute Gasteiger partial charge is 0.488 e. The van der Waals surface area contributed by atoms with Crippen molar-refractivity contribution in [2.24, 2.45) is 0 Å². The summed E-state index contributed by atoms with van der Waals surface area (Å²) in [6.45, 7) is 2.16. The fourth-order valence-corrected chi connectivity index (χ4v) is 2.48. The van der Waals surface area contributed by atoms with Crippen LogP contribution in [0.2, 0.25) is 0 Å². The molecule has 0 unspecified atom stereocenters. The maximum absolute atomic E-state index is 13.6. The van der Waals surface area contributed by atoms with Crippen molar-refractivity contribution in [3.05, 3.63) is 29.6 Å². The zero-order valence-corrected chi connectivity index (χ0v) is 10.8. The van der Waals surface area contributed by atoms with Crippen molar-refractivity contribution in [3.63, 3.8) is 0 Å². The molecule has 17 heavy (non-hydrogen) atoms. The molecule has 0 bridgehead atoms. The minimum absolute atomic E-state index is 0.197. The molecule has 0 fully saturated rings. The average molecular weight is 256 g/mol. The van der Waals surface area contributed by atoms with Gasteiger partial charge in [0, 0.05) is 5.75 Å². The first-order valence-electron chi connectivity index (χ1n) is 5.87. The molecule has 1 aromatic rings. The summed E-state index contributed by atoms with van der Waals surface area (Å²) in [5.74, 6) is 1.31. The van der Waals surface area contributed by atoms with E-state index in [0.717, 1.165) is 12.2 Å². The second-order valence-electron chi connectivity index (χ2n) is 3.98. The Labute approximate surface area is 106 Å². The molecule has 0 atom stereocenters. The van der Waals surface area contributed by atoms with Crippen molar-refractivity contribution in [1.29, 1.82) is 0 Å². The molecule has 0 radical (unpaired) electrons. The molecule has 2 N–H and O–H groups in total. The van der Waals surface area contributed by atoms with Crippen LogP contribution in [0.3, 0.4) is 0 Å². The van der Waals surface area contributed by atoms with Crippen LogP contribution >= 0.6 is 11.8 Å². The lowest BCUT2D eigenvalue weighted by Crippen LogP contribution is -2.30. The molecule has 0 aromatic heterocycles. The third-order valence-corrected chi connectivity index (χ3v) is 3.62. The van der Waals surface area contributed by atoms with Gasteiger partial charge in [0.1, 0.15) is 5.82 Å². The minimum Gasteiger partial charge on any atom is -0.423 e. The van der Waals surface area contributed by atoms with Crippen LogP contribution in [0.15, 0.2) is 18.2 Å². The van der Waals surface area contributed by atoms with Gasteiger partial charge in [-0.1, -0.05) is 31.9 Å². The van der Waals surface area contributed by atoms with Crippen molar-refractivity contribution >= 4 is 24.3 Å². The highest BCUT2D eigenvalue weighted by molar-refractivity contribution is 7.98. The van der Waals surface area contributed by atoms with E-state index in [1.165, 1.54) is 18.9 Å². The topological polar surface area (TPSA) is 40.5 Å². The zero-order valence-electron chi connectivity index (χ0n) is 10.0. The van der Waals surface area contributed by atoms with E-state index < -0.39 is 7.12 Å². The molecule has 0 amide bonds. The molecule has 0 aliphatic rings. The van der Waals surface area contributed by atoms with Crippen molar-refractivity contribution < 1.29 is 14.4 Å². The van der Waals surface area contributed by atoms with E-state index in [1.807, 2.05) is 0 Å². The second-order valence-corrected chi connectivity index (χ2v) is 5.09. The van der Waals surface area contributed by atoms with Crippen molar-refractivity contribution in [2.45, 2.75) is 31.9 Å². The maximum atomic E-state index is 13.6. The summed E-state index contributed by atoms with van der Waals surface area (Å²) < 4.78 is 13.6. The third kappa shape index (κ3) is 5.11. The number of thioether (sulfide) groups is 1. The summed E-state index contributed by atoms with van der Waals surface area (Å²) in [6.07, 6.45) is 3.57. The van der Waals surface area contributed by atoms with E-state index in [2.05, 4.69) is 6.92 Å². The normalized spacial score (nSPS) is 10.6. The highest BCUT2D eigenvalue weighted by Crippen LogP contribution is 2.16. The van der Waals surface area contributed by atoms with Crippen LogP contribution in [-0.2, 0) is 5.75 Å². The second kappa shape index (κ2) is 7.74. The molecule has 0 aliphatic heterocycles. The zero-order chi connectivity index (χ0) is 12.7. The first kappa shape index (κ1) is 14.5. The Hall–Kier alpha value is -0.515. The molecule has 1 rings (SSSR count). The van der Waals surface area contributed by atoms with Crippen LogP contribution in [-0.4, -0.2) is 22.9 Å².